The molecule has 1 atom stereocenters. The highest BCUT2D eigenvalue weighted by molar-refractivity contribution is 6.06. The Morgan fingerprint density at radius 1 is 1.17 bits per heavy atom. The van der Waals surface area contributed by atoms with Crippen LogP contribution >= 0.6 is 0 Å². The first-order valence-electron chi connectivity index (χ1n) is 9.30. The van der Waals surface area contributed by atoms with E-state index in [-0.39, 0.29) is 42.9 Å². The van der Waals surface area contributed by atoms with Gasteiger partial charge in [-0.1, -0.05) is 18.2 Å². The molecule has 1 saturated heterocycles. The van der Waals surface area contributed by atoms with E-state index in [0.717, 1.165) is 4.90 Å². The van der Waals surface area contributed by atoms with Crippen LogP contribution in [0.25, 0.3) is 0 Å². The van der Waals surface area contributed by atoms with Crippen LogP contribution in [0.1, 0.15) is 34.3 Å². The van der Waals surface area contributed by atoms with Crippen molar-refractivity contribution in [3.63, 3.8) is 0 Å². The van der Waals surface area contributed by atoms with E-state index in [0.29, 0.717) is 11.3 Å². The number of nitrogens with zero attached hydrogens (tertiary/aromatic N) is 1. The van der Waals surface area contributed by atoms with Gasteiger partial charge in [-0.25, -0.2) is 4.39 Å². The third kappa shape index (κ3) is 3.17. The lowest BCUT2D eigenvalue weighted by Crippen LogP contribution is -2.63. The highest BCUT2D eigenvalue weighted by Gasteiger charge is 2.51. The Hall–Kier alpha value is -3.46. The normalized spacial score (nSPS) is 20.8. The van der Waals surface area contributed by atoms with Crippen molar-refractivity contribution in [1.29, 1.82) is 0 Å². The Morgan fingerprint density at radius 3 is 2.63 bits per heavy atom. The number of carbonyl (C=O) groups is 3. The molecule has 2 aromatic carbocycles. The van der Waals surface area contributed by atoms with E-state index in [1.54, 1.807) is 30.3 Å². The van der Waals surface area contributed by atoms with Crippen LogP contribution in [-0.4, -0.2) is 40.6 Å². The zero-order valence-corrected chi connectivity index (χ0v) is 16.1. The van der Waals surface area contributed by atoms with E-state index >= 15 is 0 Å². The fraction of sp³-hybridized carbons (Fsp3) is 0.286. The van der Waals surface area contributed by atoms with Gasteiger partial charge in [-0.05, 0) is 18.2 Å². The van der Waals surface area contributed by atoms with Crippen molar-refractivity contribution in [1.82, 2.24) is 10.2 Å². The summed E-state index contributed by atoms with van der Waals surface area (Å²) in [6, 6.07) is 9.49. The van der Waals surface area contributed by atoms with Crippen LogP contribution in [0.2, 0.25) is 0 Å². The number of methoxy groups -OCH3 is 1. The van der Waals surface area contributed by atoms with E-state index < -0.39 is 29.3 Å². The number of fused-ring (bicyclic) bond motifs is 1. The lowest BCUT2D eigenvalue weighted by Gasteiger charge is -2.37. The summed E-state index contributed by atoms with van der Waals surface area (Å²) in [6.07, 6.45) is -0.274. The predicted octanol–water partition coefficient (Wildman–Crippen LogP) is 1.49. The van der Waals surface area contributed by atoms with Gasteiger partial charge in [0.2, 0.25) is 11.6 Å². The molecule has 2 aliphatic rings. The summed E-state index contributed by atoms with van der Waals surface area (Å²) in [5, 5.41) is 12.9. The molecule has 0 aromatic heterocycles. The standard InChI is InChI=1S/C21H19FN2O6/c1-29-16-7-2-4-12(18(16)22)11-30-15-6-3-5-13-14(15)10-24(19(13)26)21(28)9-8-17(25)23-20(21)27/h2-7,28H,8-11H2,1H3,(H,23,25,27). The topological polar surface area (TPSA) is 105 Å². The van der Waals surface area contributed by atoms with Gasteiger partial charge in [-0.2, -0.15) is 0 Å². The molecule has 2 N–H and O–H groups in total. The number of aliphatic hydroxyl groups is 1. The molecule has 4 rings (SSSR count). The number of nitrogens with one attached hydrogen (secondary N) is 1. The number of hydrogen-bond donors (Lipinski definition) is 2. The second-order valence-corrected chi connectivity index (χ2v) is 7.09. The number of carbonyl (C=O) groups excluding carboxylic acids is 3. The van der Waals surface area contributed by atoms with Gasteiger partial charge in [0.1, 0.15) is 12.4 Å². The molecule has 0 saturated carbocycles. The van der Waals surface area contributed by atoms with Gasteiger partial charge >= 0.3 is 0 Å². The molecule has 8 nitrogen and oxygen atoms in total. The summed E-state index contributed by atoms with van der Waals surface area (Å²) < 4.78 is 25.1. The number of amides is 3. The summed E-state index contributed by atoms with van der Waals surface area (Å²) >= 11 is 0. The number of piperidine rings is 1. The van der Waals surface area contributed by atoms with E-state index in [4.69, 9.17) is 9.47 Å². The quantitative estimate of drug-likeness (QED) is 0.719. The van der Waals surface area contributed by atoms with Gasteiger partial charge in [0.15, 0.2) is 11.6 Å². The highest BCUT2D eigenvalue weighted by atomic mass is 19.1. The molecule has 0 aliphatic carbocycles. The minimum Gasteiger partial charge on any atom is -0.494 e. The number of benzene rings is 2. The Morgan fingerprint density at radius 2 is 1.90 bits per heavy atom. The lowest BCUT2D eigenvalue weighted by atomic mass is 10.00. The smallest absolute Gasteiger partial charge is 0.279 e. The third-order valence-corrected chi connectivity index (χ3v) is 5.33. The number of ether oxygens (including phenoxy) is 2. The molecule has 0 bridgehead atoms. The van der Waals surface area contributed by atoms with Gasteiger partial charge < -0.3 is 14.6 Å². The van der Waals surface area contributed by atoms with Gasteiger partial charge in [0.05, 0.1) is 13.7 Å². The molecule has 2 aromatic rings. The van der Waals surface area contributed by atoms with E-state index in [1.165, 1.54) is 13.2 Å². The number of hydrogen-bond acceptors (Lipinski definition) is 6. The predicted molar refractivity (Wildman–Crippen MR) is 101 cm³/mol. The zero-order valence-electron chi connectivity index (χ0n) is 16.1. The fourth-order valence-electron chi connectivity index (χ4n) is 3.67. The van der Waals surface area contributed by atoms with Crippen molar-refractivity contribution >= 4 is 17.7 Å². The molecule has 1 fully saturated rings. The summed E-state index contributed by atoms with van der Waals surface area (Å²) in [5.74, 6) is -2.09. The van der Waals surface area contributed by atoms with Crippen LogP contribution in [0.5, 0.6) is 11.5 Å². The van der Waals surface area contributed by atoms with Crippen molar-refractivity contribution in [2.45, 2.75) is 31.7 Å². The van der Waals surface area contributed by atoms with Crippen LogP contribution in [-0.2, 0) is 22.7 Å². The zero-order chi connectivity index (χ0) is 21.5. The van der Waals surface area contributed by atoms with Crippen molar-refractivity contribution in [3.05, 3.63) is 58.9 Å². The summed E-state index contributed by atoms with van der Waals surface area (Å²) in [4.78, 5) is 37.5. The molecule has 2 aliphatic heterocycles. The number of halogens is 1. The molecule has 1 unspecified atom stereocenters. The highest BCUT2D eigenvalue weighted by Crippen LogP contribution is 2.37. The Kier molecular flexibility index (Phi) is 4.90. The van der Waals surface area contributed by atoms with Gasteiger partial charge in [0, 0.05) is 29.5 Å². The average molecular weight is 414 g/mol. The van der Waals surface area contributed by atoms with Crippen molar-refractivity contribution in [3.8, 4) is 11.5 Å². The maximum atomic E-state index is 14.4. The Bertz CT molecular complexity index is 1060. The van der Waals surface area contributed by atoms with Gasteiger partial charge in [-0.15, -0.1) is 0 Å². The monoisotopic (exact) mass is 414 g/mol. The molecule has 0 radical (unpaired) electrons. The first-order valence-corrected chi connectivity index (χ1v) is 9.30. The molecule has 3 amide bonds. The molecule has 30 heavy (non-hydrogen) atoms. The Balaban J connectivity index is 1.58. The summed E-state index contributed by atoms with van der Waals surface area (Å²) in [7, 11) is 1.37. The maximum absolute atomic E-state index is 14.4. The fourth-order valence-corrected chi connectivity index (χ4v) is 3.67. The van der Waals surface area contributed by atoms with Gasteiger partial charge in [0.25, 0.3) is 11.8 Å². The Labute approximate surface area is 171 Å². The minimum absolute atomic E-state index is 0.0803. The number of rotatable bonds is 5. The van der Waals surface area contributed by atoms with E-state index in [1.807, 2.05) is 0 Å². The lowest BCUT2D eigenvalue weighted by molar-refractivity contribution is -0.168. The van der Waals surface area contributed by atoms with E-state index in [9.17, 15) is 23.9 Å². The van der Waals surface area contributed by atoms with Crippen molar-refractivity contribution in [2.75, 3.05) is 7.11 Å². The van der Waals surface area contributed by atoms with E-state index in [2.05, 4.69) is 5.32 Å². The van der Waals surface area contributed by atoms with Crippen LogP contribution in [0.3, 0.4) is 0 Å². The average Bonchev–Trinajstić information content (AvgIpc) is 3.08. The first-order chi connectivity index (χ1) is 14.3. The van der Waals surface area contributed by atoms with Crippen LogP contribution in [0.4, 0.5) is 4.39 Å². The first kappa shape index (κ1) is 19.8. The summed E-state index contributed by atoms with van der Waals surface area (Å²) in [6.45, 7) is -0.185. The second kappa shape index (κ2) is 7.42. The van der Waals surface area contributed by atoms with Gasteiger partial charge in [-0.3, -0.25) is 24.6 Å². The summed E-state index contributed by atoms with van der Waals surface area (Å²) in [5.41, 5.74) is -1.10. The SMILES string of the molecule is COc1cccc(COc2cccc3c2CN(C2(O)CCC(=O)NC2=O)C3=O)c1F. The molecule has 0 spiro atoms. The molecule has 2 heterocycles. The van der Waals surface area contributed by atoms with Crippen LogP contribution in [0, 0.1) is 5.82 Å². The number of imide groups is 1. The molecule has 156 valence electrons. The molecular formula is C21H19FN2O6. The molecule has 9 heteroatoms. The third-order valence-electron chi connectivity index (χ3n) is 5.33. The minimum atomic E-state index is -2.12. The van der Waals surface area contributed by atoms with Crippen molar-refractivity contribution in [2.24, 2.45) is 0 Å². The van der Waals surface area contributed by atoms with Crippen molar-refractivity contribution < 1.29 is 33.4 Å². The molecular weight excluding hydrogens is 395 g/mol. The second-order valence-electron chi connectivity index (χ2n) is 7.09. The van der Waals surface area contributed by atoms with Crippen LogP contribution in [0.15, 0.2) is 36.4 Å². The van der Waals surface area contributed by atoms with Crippen LogP contribution < -0.4 is 14.8 Å². The largest absolute Gasteiger partial charge is 0.494 e. The maximum Gasteiger partial charge on any atom is 0.279 e.